The molecule has 0 spiro atoms. The van der Waals surface area contributed by atoms with E-state index in [1.807, 2.05) is 11.8 Å². The van der Waals surface area contributed by atoms with Crippen LogP contribution in [0.3, 0.4) is 0 Å². The molecular formula is C23H22Cl2F3N3O2. The monoisotopic (exact) mass is 499 g/mol. The van der Waals surface area contributed by atoms with Crippen molar-refractivity contribution in [2.75, 3.05) is 13.6 Å². The Labute approximate surface area is 199 Å². The van der Waals surface area contributed by atoms with E-state index in [4.69, 9.17) is 27.6 Å². The fraction of sp³-hybridized carbons (Fsp3) is 0.304. The molecule has 0 aliphatic heterocycles. The average Bonchev–Trinajstić information content (AvgIpc) is 3.22. The summed E-state index contributed by atoms with van der Waals surface area (Å²) in [5.41, 5.74) is 0.638. The Hall–Kier alpha value is -2.55. The second-order valence-electron chi connectivity index (χ2n) is 7.52. The van der Waals surface area contributed by atoms with Gasteiger partial charge in [0, 0.05) is 36.7 Å². The summed E-state index contributed by atoms with van der Waals surface area (Å²) < 4.78 is 45.0. The van der Waals surface area contributed by atoms with Crippen LogP contribution in [0.15, 0.2) is 53.1 Å². The van der Waals surface area contributed by atoms with Crippen molar-refractivity contribution < 1.29 is 22.4 Å². The zero-order valence-corrected chi connectivity index (χ0v) is 19.5. The minimum Gasteiger partial charge on any atom is -0.447 e. The molecule has 176 valence electrons. The highest BCUT2D eigenvalue weighted by molar-refractivity contribution is 6.35. The van der Waals surface area contributed by atoms with Gasteiger partial charge in [0.1, 0.15) is 6.26 Å². The maximum atomic E-state index is 13.2. The number of halogens is 5. The molecule has 0 radical (unpaired) electrons. The standard InChI is InChI=1S/C23H22Cl2F3N3O2/c1-3-30(2)22(32)20-14-33-21(29-20)13-31(12-16-7-8-18(24)10-19(16)25)11-15-5-4-6-17(9-15)23(26,27)28/h4-10,14H,3,11-13H2,1-2H3. The summed E-state index contributed by atoms with van der Waals surface area (Å²) in [4.78, 5) is 19.9. The second kappa shape index (κ2) is 10.6. The minimum atomic E-state index is -4.44. The molecule has 0 bridgehead atoms. The normalized spacial score (nSPS) is 11.8. The van der Waals surface area contributed by atoms with Gasteiger partial charge in [0.15, 0.2) is 5.69 Å². The maximum Gasteiger partial charge on any atom is 0.416 e. The summed E-state index contributed by atoms with van der Waals surface area (Å²) >= 11 is 12.3. The van der Waals surface area contributed by atoms with Gasteiger partial charge in [-0.2, -0.15) is 13.2 Å². The van der Waals surface area contributed by atoms with Crippen molar-refractivity contribution in [2.45, 2.75) is 32.7 Å². The zero-order chi connectivity index (χ0) is 24.2. The van der Waals surface area contributed by atoms with Crippen LogP contribution in [0.4, 0.5) is 13.2 Å². The highest BCUT2D eigenvalue weighted by Crippen LogP contribution is 2.30. The molecule has 0 atom stereocenters. The fourth-order valence-electron chi connectivity index (χ4n) is 3.17. The SMILES string of the molecule is CCN(C)C(=O)c1coc(CN(Cc2cccc(C(F)(F)F)c2)Cc2ccc(Cl)cc2Cl)n1. The molecule has 33 heavy (non-hydrogen) atoms. The van der Waals surface area contributed by atoms with Crippen molar-refractivity contribution in [1.29, 1.82) is 0 Å². The molecule has 1 aromatic heterocycles. The summed E-state index contributed by atoms with van der Waals surface area (Å²) in [6.07, 6.45) is -3.16. The molecule has 0 aliphatic rings. The van der Waals surface area contributed by atoms with Gasteiger partial charge in [-0.25, -0.2) is 4.98 Å². The van der Waals surface area contributed by atoms with Crippen LogP contribution >= 0.6 is 23.2 Å². The van der Waals surface area contributed by atoms with Crippen LogP contribution in [0.2, 0.25) is 10.0 Å². The van der Waals surface area contributed by atoms with E-state index in [9.17, 15) is 18.0 Å². The zero-order valence-electron chi connectivity index (χ0n) is 18.0. The Balaban J connectivity index is 1.86. The molecule has 0 aliphatic carbocycles. The van der Waals surface area contributed by atoms with E-state index >= 15 is 0 Å². The fourth-order valence-corrected chi connectivity index (χ4v) is 3.64. The summed E-state index contributed by atoms with van der Waals surface area (Å²) in [7, 11) is 1.65. The molecule has 3 aromatic rings. The van der Waals surface area contributed by atoms with Gasteiger partial charge >= 0.3 is 6.18 Å². The van der Waals surface area contributed by atoms with E-state index in [1.54, 1.807) is 31.3 Å². The Morgan fingerprint density at radius 1 is 1.09 bits per heavy atom. The molecule has 1 heterocycles. The minimum absolute atomic E-state index is 0.151. The van der Waals surface area contributed by atoms with Gasteiger partial charge in [0.05, 0.1) is 12.1 Å². The molecule has 0 N–H and O–H groups in total. The first kappa shape index (κ1) is 25.1. The van der Waals surface area contributed by atoms with Crippen molar-refractivity contribution in [3.8, 4) is 0 Å². The van der Waals surface area contributed by atoms with Crippen LogP contribution in [-0.2, 0) is 25.8 Å². The predicted molar refractivity (Wildman–Crippen MR) is 120 cm³/mol. The Kier molecular flexibility index (Phi) is 8.05. The molecule has 0 fully saturated rings. The Morgan fingerprint density at radius 2 is 1.85 bits per heavy atom. The number of hydrogen-bond donors (Lipinski definition) is 0. The van der Waals surface area contributed by atoms with Gasteiger partial charge in [-0.05, 0) is 36.2 Å². The predicted octanol–water partition coefficient (Wildman–Crippen LogP) is 6.29. The number of alkyl halides is 3. The second-order valence-corrected chi connectivity index (χ2v) is 8.37. The molecular weight excluding hydrogens is 478 g/mol. The van der Waals surface area contributed by atoms with Crippen LogP contribution < -0.4 is 0 Å². The first-order chi connectivity index (χ1) is 15.6. The number of nitrogens with zero attached hydrogens (tertiary/aromatic N) is 3. The van der Waals surface area contributed by atoms with E-state index in [2.05, 4.69) is 4.98 Å². The van der Waals surface area contributed by atoms with Crippen molar-refractivity contribution in [3.05, 3.63) is 87.0 Å². The number of oxazole rings is 1. The lowest BCUT2D eigenvalue weighted by Crippen LogP contribution is -2.26. The van der Waals surface area contributed by atoms with E-state index in [0.29, 0.717) is 28.7 Å². The average molecular weight is 500 g/mol. The summed E-state index contributed by atoms with van der Waals surface area (Å²) in [6, 6.07) is 10.2. The third-order valence-corrected chi connectivity index (χ3v) is 5.61. The maximum absolute atomic E-state index is 13.2. The Bertz CT molecular complexity index is 1120. The van der Waals surface area contributed by atoms with Crippen molar-refractivity contribution in [3.63, 3.8) is 0 Å². The van der Waals surface area contributed by atoms with Gasteiger partial charge in [-0.15, -0.1) is 0 Å². The van der Waals surface area contributed by atoms with E-state index in [1.165, 1.54) is 17.2 Å². The van der Waals surface area contributed by atoms with Crippen molar-refractivity contribution in [1.82, 2.24) is 14.8 Å². The van der Waals surface area contributed by atoms with Crippen LogP contribution in [0.5, 0.6) is 0 Å². The molecule has 0 saturated carbocycles. The highest BCUT2D eigenvalue weighted by Gasteiger charge is 2.30. The third kappa shape index (κ3) is 6.72. The smallest absolute Gasteiger partial charge is 0.416 e. The molecule has 1 amide bonds. The lowest BCUT2D eigenvalue weighted by Gasteiger charge is -2.22. The quantitative estimate of drug-likeness (QED) is 0.365. The van der Waals surface area contributed by atoms with Crippen LogP contribution in [0.25, 0.3) is 0 Å². The molecule has 10 heteroatoms. The van der Waals surface area contributed by atoms with Gasteiger partial charge in [0.2, 0.25) is 5.89 Å². The number of carbonyl (C=O) groups excluding carboxylic acids is 1. The number of rotatable bonds is 8. The largest absolute Gasteiger partial charge is 0.447 e. The lowest BCUT2D eigenvalue weighted by molar-refractivity contribution is -0.137. The summed E-state index contributed by atoms with van der Waals surface area (Å²) in [6.45, 7) is 2.97. The summed E-state index contributed by atoms with van der Waals surface area (Å²) in [5.74, 6) is -0.0161. The molecule has 0 saturated heterocycles. The number of carbonyl (C=O) groups is 1. The van der Waals surface area contributed by atoms with Gasteiger partial charge in [0.25, 0.3) is 5.91 Å². The van der Waals surface area contributed by atoms with Crippen LogP contribution in [0.1, 0.15) is 40.0 Å². The first-order valence-electron chi connectivity index (χ1n) is 10.1. The molecule has 5 nitrogen and oxygen atoms in total. The molecule has 2 aromatic carbocycles. The first-order valence-corrected chi connectivity index (χ1v) is 10.8. The number of benzene rings is 2. The van der Waals surface area contributed by atoms with Crippen LogP contribution in [-0.4, -0.2) is 34.3 Å². The number of aromatic nitrogens is 1. The van der Waals surface area contributed by atoms with Gasteiger partial charge in [-0.3, -0.25) is 9.69 Å². The number of amides is 1. The van der Waals surface area contributed by atoms with Gasteiger partial charge < -0.3 is 9.32 Å². The summed E-state index contributed by atoms with van der Waals surface area (Å²) in [5, 5.41) is 0.911. The number of hydrogen-bond acceptors (Lipinski definition) is 4. The van der Waals surface area contributed by atoms with E-state index in [-0.39, 0.29) is 30.6 Å². The Morgan fingerprint density at radius 3 is 2.52 bits per heavy atom. The molecule has 0 unspecified atom stereocenters. The molecule has 3 rings (SSSR count). The lowest BCUT2D eigenvalue weighted by atomic mass is 10.1. The van der Waals surface area contributed by atoms with Crippen molar-refractivity contribution >= 4 is 29.1 Å². The van der Waals surface area contributed by atoms with E-state index in [0.717, 1.165) is 17.7 Å². The highest BCUT2D eigenvalue weighted by atomic mass is 35.5. The van der Waals surface area contributed by atoms with Crippen molar-refractivity contribution in [2.24, 2.45) is 0 Å². The van der Waals surface area contributed by atoms with Crippen LogP contribution in [0, 0.1) is 0 Å². The third-order valence-electron chi connectivity index (χ3n) is 5.02. The van der Waals surface area contributed by atoms with Gasteiger partial charge in [-0.1, -0.05) is 47.5 Å². The van der Waals surface area contributed by atoms with E-state index < -0.39 is 11.7 Å². The topological polar surface area (TPSA) is 49.6 Å².